The highest BCUT2D eigenvalue weighted by Crippen LogP contribution is 2.41. The maximum Gasteiger partial charge on any atom is 0.0542 e. The van der Waals surface area contributed by atoms with Gasteiger partial charge in [0.2, 0.25) is 0 Å². The molecule has 0 saturated heterocycles. The zero-order valence-electron chi connectivity index (χ0n) is 26.7. The number of para-hydroxylation sites is 2. The molecule has 1 aromatic heterocycles. The van der Waals surface area contributed by atoms with Gasteiger partial charge in [-0.1, -0.05) is 129 Å². The average Bonchev–Trinajstić information content (AvgIpc) is 3.46. The second-order valence-corrected chi connectivity index (χ2v) is 12.7. The molecule has 0 atom stereocenters. The summed E-state index contributed by atoms with van der Waals surface area (Å²) >= 11 is 0. The first-order valence-corrected chi connectivity index (χ1v) is 16.3. The van der Waals surface area contributed by atoms with Gasteiger partial charge < -0.3 is 9.47 Å². The first-order chi connectivity index (χ1) is 23.1. The van der Waals surface area contributed by atoms with Gasteiger partial charge in [0, 0.05) is 38.9 Å². The number of hydrogen-bond donors (Lipinski definition) is 0. The van der Waals surface area contributed by atoms with E-state index in [1.54, 1.807) is 0 Å². The Hall–Kier alpha value is -5.86. The van der Waals surface area contributed by atoms with Gasteiger partial charge in [0.15, 0.2) is 0 Å². The van der Waals surface area contributed by atoms with Crippen molar-refractivity contribution in [2.24, 2.45) is 0 Å². The second kappa shape index (κ2) is 11.8. The van der Waals surface area contributed by atoms with Gasteiger partial charge in [-0.2, -0.15) is 0 Å². The molecule has 8 aromatic rings. The molecule has 0 aliphatic carbocycles. The number of hydrogen-bond acceptors (Lipinski definition) is 1. The Morgan fingerprint density at radius 3 is 1.49 bits per heavy atom. The molecule has 7 aromatic carbocycles. The van der Waals surface area contributed by atoms with Crippen LogP contribution in [0.25, 0.3) is 38.6 Å². The minimum absolute atomic E-state index is 0.0988. The third-order valence-electron chi connectivity index (χ3n) is 9.49. The zero-order chi connectivity index (χ0) is 31.8. The van der Waals surface area contributed by atoms with E-state index in [0.29, 0.717) is 0 Å². The summed E-state index contributed by atoms with van der Waals surface area (Å²) in [4.78, 5) is 2.34. The molecule has 1 heterocycles. The molecule has 2 nitrogen and oxygen atoms in total. The minimum atomic E-state index is -0.0988. The Labute approximate surface area is 276 Å². The standard InChI is InChI=1S/C45H36N2/c1-45(2,35-17-9-4-10-18-35)36-24-26-39(27-25-36)47-43-29-23-34(33-15-7-3-8-16-33)31-41(43)42-32-40(28-30-44(42)47)46(37-19-11-5-12-20-37)38-21-13-6-14-22-38/h3-32H,1-2H3. The molecule has 0 aliphatic rings. The minimum Gasteiger partial charge on any atom is -0.310 e. The highest BCUT2D eigenvalue weighted by atomic mass is 15.1. The molecule has 8 rings (SSSR count). The maximum atomic E-state index is 2.41. The van der Waals surface area contributed by atoms with Crippen LogP contribution in [-0.2, 0) is 5.41 Å². The molecule has 0 aliphatic heterocycles. The third-order valence-corrected chi connectivity index (χ3v) is 9.49. The normalized spacial score (nSPS) is 11.6. The smallest absolute Gasteiger partial charge is 0.0542 e. The van der Waals surface area contributed by atoms with E-state index in [-0.39, 0.29) is 5.41 Å². The van der Waals surface area contributed by atoms with Crippen molar-refractivity contribution < 1.29 is 0 Å². The number of fused-ring (bicyclic) bond motifs is 3. The van der Waals surface area contributed by atoms with Crippen molar-refractivity contribution in [1.29, 1.82) is 0 Å². The lowest BCUT2D eigenvalue weighted by Gasteiger charge is -2.26. The predicted molar refractivity (Wildman–Crippen MR) is 199 cm³/mol. The molecular weight excluding hydrogens is 569 g/mol. The average molecular weight is 605 g/mol. The Morgan fingerprint density at radius 2 is 0.894 bits per heavy atom. The van der Waals surface area contributed by atoms with E-state index in [4.69, 9.17) is 0 Å². The molecule has 0 unspecified atom stereocenters. The lowest BCUT2D eigenvalue weighted by molar-refractivity contribution is 0.641. The van der Waals surface area contributed by atoms with Crippen LogP contribution in [0.15, 0.2) is 182 Å². The van der Waals surface area contributed by atoms with Crippen LogP contribution in [-0.4, -0.2) is 4.57 Å². The topological polar surface area (TPSA) is 8.17 Å². The largest absolute Gasteiger partial charge is 0.310 e. The number of rotatable bonds is 7. The van der Waals surface area contributed by atoms with Crippen molar-refractivity contribution in [2.75, 3.05) is 4.90 Å². The zero-order valence-corrected chi connectivity index (χ0v) is 26.7. The summed E-state index contributed by atoms with van der Waals surface area (Å²) in [6, 6.07) is 65.6. The third kappa shape index (κ3) is 5.18. The van der Waals surface area contributed by atoms with Gasteiger partial charge in [0.05, 0.1) is 11.0 Å². The first-order valence-electron chi connectivity index (χ1n) is 16.3. The van der Waals surface area contributed by atoms with Gasteiger partial charge in [0.25, 0.3) is 0 Å². The Morgan fingerprint density at radius 1 is 0.404 bits per heavy atom. The molecule has 2 heteroatoms. The van der Waals surface area contributed by atoms with Crippen LogP contribution in [0.1, 0.15) is 25.0 Å². The first kappa shape index (κ1) is 28.6. The van der Waals surface area contributed by atoms with Crippen LogP contribution < -0.4 is 4.90 Å². The summed E-state index contributed by atoms with van der Waals surface area (Å²) in [7, 11) is 0. The van der Waals surface area contributed by atoms with Crippen LogP contribution in [0, 0.1) is 0 Å². The van der Waals surface area contributed by atoms with Crippen molar-refractivity contribution in [3.8, 4) is 16.8 Å². The Balaban J connectivity index is 1.32. The van der Waals surface area contributed by atoms with Gasteiger partial charge in [-0.05, 0) is 89.0 Å². The van der Waals surface area contributed by atoms with E-state index in [1.807, 2.05) is 0 Å². The fourth-order valence-electron chi connectivity index (χ4n) is 6.89. The summed E-state index contributed by atoms with van der Waals surface area (Å²) < 4.78 is 2.41. The molecule has 47 heavy (non-hydrogen) atoms. The quantitative estimate of drug-likeness (QED) is 0.176. The molecule has 0 amide bonds. The molecule has 0 radical (unpaired) electrons. The second-order valence-electron chi connectivity index (χ2n) is 12.7. The van der Waals surface area contributed by atoms with Crippen LogP contribution in [0.2, 0.25) is 0 Å². The van der Waals surface area contributed by atoms with E-state index in [0.717, 1.165) is 22.7 Å². The molecule has 0 N–H and O–H groups in total. The van der Waals surface area contributed by atoms with E-state index in [9.17, 15) is 0 Å². The number of aromatic nitrogens is 1. The van der Waals surface area contributed by atoms with E-state index < -0.39 is 0 Å². The van der Waals surface area contributed by atoms with E-state index in [2.05, 4.69) is 205 Å². The van der Waals surface area contributed by atoms with Crippen LogP contribution in [0.3, 0.4) is 0 Å². The summed E-state index contributed by atoms with van der Waals surface area (Å²) in [6.07, 6.45) is 0. The summed E-state index contributed by atoms with van der Waals surface area (Å²) in [5.41, 5.74) is 11.8. The van der Waals surface area contributed by atoms with Gasteiger partial charge in [-0.15, -0.1) is 0 Å². The van der Waals surface area contributed by atoms with Crippen LogP contribution >= 0.6 is 0 Å². The fourth-order valence-corrected chi connectivity index (χ4v) is 6.89. The SMILES string of the molecule is CC(C)(c1ccccc1)c1ccc(-n2c3ccc(-c4ccccc4)cc3c3cc(N(c4ccccc4)c4ccccc4)ccc32)cc1. The summed E-state index contributed by atoms with van der Waals surface area (Å²) in [5.74, 6) is 0. The Bertz CT molecular complexity index is 2250. The van der Waals surface area contributed by atoms with Crippen molar-refractivity contribution in [1.82, 2.24) is 4.57 Å². The number of nitrogens with zero attached hydrogens (tertiary/aromatic N) is 2. The van der Waals surface area contributed by atoms with Gasteiger partial charge in [-0.25, -0.2) is 0 Å². The summed E-state index contributed by atoms with van der Waals surface area (Å²) in [5, 5.41) is 2.46. The molecular formula is C45H36N2. The van der Waals surface area contributed by atoms with Gasteiger partial charge >= 0.3 is 0 Å². The molecule has 0 fully saturated rings. The Kier molecular flexibility index (Phi) is 7.19. The van der Waals surface area contributed by atoms with Crippen LogP contribution in [0.5, 0.6) is 0 Å². The molecule has 226 valence electrons. The monoisotopic (exact) mass is 604 g/mol. The van der Waals surface area contributed by atoms with Crippen molar-refractivity contribution in [2.45, 2.75) is 19.3 Å². The van der Waals surface area contributed by atoms with Crippen molar-refractivity contribution in [3.63, 3.8) is 0 Å². The highest BCUT2D eigenvalue weighted by molar-refractivity contribution is 6.11. The van der Waals surface area contributed by atoms with E-state index >= 15 is 0 Å². The van der Waals surface area contributed by atoms with Crippen molar-refractivity contribution in [3.05, 3.63) is 193 Å². The predicted octanol–water partition coefficient (Wildman–Crippen LogP) is 12.2. The highest BCUT2D eigenvalue weighted by Gasteiger charge is 2.23. The lowest BCUT2D eigenvalue weighted by atomic mass is 9.78. The van der Waals surface area contributed by atoms with E-state index in [1.165, 1.54) is 44.1 Å². The molecule has 0 saturated carbocycles. The van der Waals surface area contributed by atoms with Crippen molar-refractivity contribution >= 4 is 38.9 Å². The van der Waals surface area contributed by atoms with Crippen LogP contribution in [0.4, 0.5) is 17.1 Å². The molecule has 0 spiro atoms. The number of anilines is 3. The van der Waals surface area contributed by atoms with Gasteiger partial charge in [-0.3, -0.25) is 0 Å². The number of benzene rings is 7. The fraction of sp³-hybridized carbons (Fsp3) is 0.0667. The van der Waals surface area contributed by atoms with Gasteiger partial charge in [0.1, 0.15) is 0 Å². The molecule has 0 bridgehead atoms. The summed E-state index contributed by atoms with van der Waals surface area (Å²) in [6.45, 7) is 4.60. The lowest BCUT2D eigenvalue weighted by Crippen LogP contribution is -2.18. The maximum absolute atomic E-state index is 2.41.